The number of likely N-dealkylation sites (tertiary alicyclic amines) is 1. The SMILES string of the molecule is CN(Cc1cccs1)C(=O)C1CCC(=O)N1Cc1c[nH]c2ccccc12. The Labute approximate surface area is 156 Å². The Kier molecular flexibility index (Phi) is 4.51. The average molecular weight is 367 g/mol. The minimum Gasteiger partial charge on any atom is -0.361 e. The molecule has 1 aliphatic heterocycles. The number of nitrogens with zero attached hydrogens (tertiary/aromatic N) is 2. The van der Waals surface area contributed by atoms with Crippen molar-refractivity contribution in [1.82, 2.24) is 14.8 Å². The van der Waals surface area contributed by atoms with Crippen molar-refractivity contribution in [3.63, 3.8) is 0 Å². The Hall–Kier alpha value is -2.60. The predicted molar refractivity (Wildman–Crippen MR) is 103 cm³/mol. The highest BCUT2D eigenvalue weighted by Gasteiger charge is 2.37. The molecule has 1 unspecified atom stereocenters. The summed E-state index contributed by atoms with van der Waals surface area (Å²) in [6.45, 7) is 1.05. The van der Waals surface area contributed by atoms with Gasteiger partial charge in [-0.05, 0) is 29.5 Å². The molecule has 0 saturated carbocycles. The summed E-state index contributed by atoms with van der Waals surface area (Å²) in [4.78, 5) is 33.2. The second-order valence-corrected chi connectivity index (χ2v) is 7.74. The largest absolute Gasteiger partial charge is 0.361 e. The number of hydrogen-bond donors (Lipinski definition) is 1. The molecule has 1 atom stereocenters. The van der Waals surface area contributed by atoms with Gasteiger partial charge < -0.3 is 14.8 Å². The Morgan fingerprint density at radius 1 is 1.31 bits per heavy atom. The van der Waals surface area contributed by atoms with E-state index in [0.717, 1.165) is 21.3 Å². The standard InChI is InChI=1S/C20H21N3O2S/c1-22(13-15-5-4-10-26-15)20(25)18-8-9-19(24)23(18)12-14-11-21-17-7-3-2-6-16(14)17/h2-7,10-11,18,21H,8-9,12-13H2,1H3. The zero-order valence-electron chi connectivity index (χ0n) is 14.6. The third kappa shape index (κ3) is 3.12. The number of hydrogen-bond acceptors (Lipinski definition) is 3. The van der Waals surface area contributed by atoms with Crippen LogP contribution in [0.3, 0.4) is 0 Å². The monoisotopic (exact) mass is 367 g/mol. The smallest absolute Gasteiger partial charge is 0.245 e. The van der Waals surface area contributed by atoms with Gasteiger partial charge in [-0.1, -0.05) is 24.3 Å². The number of benzene rings is 1. The molecule has 134 valence electrons. The van der Waals surface area contributed by atoms with Gasteiger partial charge in [0.1, 0.15) is 6.04 Å². The fourth-order valence-electron chi connectivity index (χ4n) is 3.60. The summed E-state index contributed by atoms with van der Waals surface area (Å²) in [7, 11) is 1.81. The molecule has 6 heteroatoms. The van der Waals surface area contributed by atoms with Gasteiger partial charge in [0.25, 0.3) is 0 Å². The Balaban J connectivity index is 1.52. The van der Waals surface area contributed by atoms with Crippen molar-refractivity contribution in [1.29, 1.82) is 0 Å². The first-order valence-corrected chi connectivity index (χ1v) is 9.63. The summed E-state index contributed by atoms with van der Waals surface area (Å²) in [5, 5.41) is 3.11. The number of thiophene rings is 1. The molecule has 26 heavy (non-hydrogen) atoms. The van der Waals surface area contributed by atoms with E-state index in [9.17, 15) is 9.59 Å². The number of rotatable bonds is 5. The molecule has 0 spiro atoms. The lowest BCUT2D eigenvalue weighted by Gasteiger charge is -2.28. The number of amides is 2. The Morgan fingerprint density at radius 3 is 2.96 bits per heavy atom. The zero-order chi connectivity index (χ0) is 18.1. The Morgan fingerprint density at radius 2 is 2.15 bits per heavy atom. The molecule has 0 radical (unpaired) electrons. The lowest BCUT2D eigenvalue weighted by Crippen LogP contribution is -2.44. The maximum absolute atomic E-state index is 12.9. The highest BCUT2D eigenvalue weighted by atomic mass is 32.1. The molecule has 2 amide bonds. The average Bonchev–Trinajstić information content (AvgIpc) is 3.37. The van der Waals surface area contributed by atoms with Crippen molar-refractivity contribution in [2.24, 2.45) is 0 Å². The highest BCUT2D eigenvalue weighted by Crippen LogP contribution is 2.26. The summed E-state index contributed by atoms with van der Waals surface area (Å²) < 4.78 is 0. The van der Waals surface area contributed by atoms with Crippen LogP contribution < -0.4 is 0 Å². The van der Waals surface area contributed by atoms with Crippen LogP contribution in [0, 0.1) is 0 Å². The van der Waals surface area contributed by atoms with E-state index in [1.165, 1.54) is 0 Å². The van der Waals surface area contributed by atoms with Crippen LogP contribution in [0.2, 0.25) is 0 Å². The lowest BCUT2D eigenvalue weighted by atomic mass is 10.1. The first kappa shape index (κ1) is 16.8. The summed E-state index contributed by atoms with van der Waals surface area (Å²) in [5.41, 5.74) is 2.10. The highest BCUT2D eigenvalue weighted by molar-refractivity contribution is 7.09. The lowest BCUT2D eigenvalue weighted by molar-refractivity contribution is -0.141. The van der Waals surface area contributed by atoms with Crippen molar-refractivity contribution < 1.29 is 9.59 Å². The molecule has 3 aromatic rings. The van der Waals surface area contributed by atoms with Crippen LogP contribution in [0.5, 0.6) is 0 Å². The minimum atomic E-state index is -0.374. The van der Waals surface area contributed by atoms with E-state index < -0.39 is 0 Å². The second-order valence-electron chi connectivity index (χ2n) is 6.71. The van der Waals surface area contributed by atoms with Gasteiger partial charge in [-0.3, -0.25) is 9.59 Å². The van der Waals surface area contributed by atoms with Crippen LogP contribution in [0.1, 0.15) is 23.3 Å². The van der Waals surface area contributed by atoms with E-state index >= 15 is 0 Å². The minimum absolute atomic E-state index is 0.0177. The molecule has 2 aromatic heterocycles. The van der Waals surface area contributed by atoms with E-state index in [4.69, 9.17) is 0 Å². The van der Waals surface area contributed by atoms with Gasteiger partial charge in [-0.15, -0.1) is 11.3 Å². The van der Waals surface area contributed by atoms with Crippen LogP contribution in [-0.2, 0) is 22.7 Å². The third-order valence-corrected chi connectivity index (χ3v) is 5.84. The summed E-state index contributed by atoms with van der Waals surface area (Å²) >= 11 is 1.64. The van der Waals surface area contributed by atoms with Crippen LogP contribution in [0.25, 0.3) is 10.9 Å². The molecule has 3 heterocycles. The van der Waals surface area contributed by atoms with Gasteiger partial charge in [0.15, 0.2) is 0 Å². The zero-order valence-corrected chi connectivity index (χ0v) is 15.5. The molecule has 5 nitrogen and oxygen atoms in total. The normalized spacial score (nSPS) is 17.2. The number of H-pyrrole nitrogens is 1. The number of carbonyl (C=O) groups is 2. The summed E-state index contributed by atoms with van der Waals surface area (Å²) in [6.07, 6.45) is 2.97. The number of carbonyl (C=O) groups excluding carboxylic acids is 2. The van der Waals surface area contributed by atoms with Crippen LogP contribution in [0.4, 0.5) is 0 Å². The molecule has 1 fully saturated rings. The first-order chi connectivity index (χ1) is 12.6. The molecule has 1 aliphatic rings. The van der Waals surface area contributed by atoms with Crippen molar-refractivity contribution in [2.45, 2.75) is 32.0 Å². The van der Waals surface area contributed by atoms with E-state index in [0.29, 0.717) is 25.9 Å². The molecular formula is C20H21N3O2S. The molecule has 4 rings (SSSR count). The number of fused-ring (bicyclic) bond motifs is 1. The summed E-state index contributed by atoms with van der Waals surface area (Å²) in [5.74, 6) is 0.0715. The van der Waals surface area contributed by atoms with Gasteiger partial charge in [-0.2, -0.15) is 0 Å². The van der Waals surface area contributed by atoms with E-state index in [-0.39, 0.29) is 17.9 Å². The van der Waals surface area contributed by atoms with Gasteiger partial charge >= 0.3 is 0 Å². The second kappa shape index (κ2) is 6.96. The molecule has 1 N–H and O–H groups in total. The van der Waals surface area contributed by atoms with E-state index in [1.807, 2.05) is 55.0 Å². The molecule has 1 aromatic carbocycles. The number of nitrogens with one attached hydrogen (secondary N) is 1. The fourth-order valence-corrected chi connectivity index (χ4v) is 4.36. The fraction of sp³-hybridized carbons (Fsp3) is 0.300. The summed E-state index contributed by atoms with van der Waals surface area (Å²) in [6, 6.07) is 11.7. The number of para-hydroxylation sites is 1. The molecule has 1 saturated heterocycles. The predicted octanol–water partition coefficient (Wildman–Crippen LogP) is 3.38. The first-order valence-electron chi connectivity index (χ1n) is 8.75. The van der Waals surface area contributed by atoms with E-state index in [1.54, 1.807) is 21.1 Å². The van der Waals surface area contributed by atoms with Crippen LogP contribution in [-0.4, -0.2) is 39.7 Å². The van der Waals surface area contributed by atoms with Crippen molar-refractivity contribution in [2.75, 3.05) is 7.05 Å². The van der Waals surface area contributed by atoms with Gasteiger partial charge in [-0.25, -0.2) is 0 Å². The molecule has 0 bridgehead atoms. The van der Waals surface area contributed by atoms with Crippen LogP contribution in [0.15, 0.2) is 48.0 Å². The topological polar surface area (TPSA) is 56.4 Å². The number of aromatic amines is 1. The number of aromatic nitrogens is 1. The van der Waals surface area contributed by atoms with Crippen molar-refractivity contribution >= 4 is 34.1 Å². The molecular weight excluding hydrogens is 346 g/mol. The molecule has 0 aliphatic carbocycles. The third-order valence-electron chi connectivity index (χ3n) is 4.98. The van der Waals surface area contributed by atoms with E-state index in [2.05, 4.69) is 4.98 Å². The quantitative estimate of drug-likeness (QED) is 0.752. The van der Waals surface area contributed by atoms with Gasteiger partial charge in [0.05, 0.1) is 6.54 Å². The Bertz CT molecular complexity index is 932. The van der Waals surface area contributed by atoms with Crippen LogP contribution >= 0.6 is 11.3 Å². The maximum Gasteiger partial charge on any atom is 0.245 e. The maximum atomic E-state index is 12.9. The van der Waals surface area contributed by atoms with Gasteiger partial charge in [0.2, 0.25) is 11.8 Å². The van der Waals surface area contributed by atoms with Gasteiger partial charge in [0, 0.05) is 42.0 Å². The van der Waals surface area contributed by atoms with Crippen molar-refractivity contribution in [3.8, 4) is 0 Å². The van der Waals surface area contributed by atoms with Crippen molar-refractivity contribution in [3.05, 3.63) is 58.4 Å². The number of likely N-dealkylation sites (N-methyl/N-ethyl adjacent to an activating group) is 1.